The van der Waals surface area contributed by atoms with Crippen molar-refractivity contribution in [2.45, 2.75) is 13.3 Å². The van der Waals surface area contributed by atoms with Gasteiger partial charge in [0.05, 0.1) is 0 Å². The maximum absolute atomic E-state index is 12.1. The van der Waals surface area contributed by atoms with Gasteiger partial charge in [-0.05, 0) is 18.6 Å². The maximum atomic E-state index is 12.1. The summed E-state index contributed by atoms with van der Waals surface area (Å²) in [4.78, 5) is 33.0. The molecule has 0 amide bonds. The van der Waals surface area contributed by atoms with E-state index in [0.717, 1.165) is 26.2 Å². The largest absolute Gasteiger partial charge is 0.368 e. The molecule has 116 valence electrons. The quantitative estimate of drug-likeness (QED) is 0.885. The van der Waals surface area contributed by atoms with Gasteiger partial charge in [0.25, 0.3) is 5.56 Å². The van der Waals surface area contributed by atoms with Crippen molar-refractivity contribution in [3.63, 3.8) is 0 Å². The van der Waals surface area contributed by atoms with Crippen LogP contribution < -0.4 is 21.0 Å². The second-order valence-corrected chi connectivity index (χ2v) is 5.40. The second-order valence-electron chi connectivity index (χ2n) is 5.40. The number of nitrogens with one attached hydrogen (secondary N) is 2. The number of rotatable bonds is 3. The summed E-state index contributed by atoms with van der Waals surface area (Å²) in [6.07, 6.45) is 0.632. The lowest BCUT2D eigenvalue weighted by Gasteiger charge is -2.37. The van der Waals surface area contributed by atoms with Crippen molar-refractivity contribution in [1.82, 2.24) is 9.97 Å². The van der Waals surface area contributed by atoms with Gasteiger partial charge in [-0.25, -0.2) is 4.79 Å². The van der Waals surface area contributed by atoms with Crippen molar-refractivity contribution in [2.24, 2.45) is 0 Å². The van der Waals surface area contributed by atoms with E-state index in [-0.39, 0.29) is 5.56 Å². The lowest BCUT2D eigenvalue weighted by Crippen LogP contribution is -2.49. The van der Waals surface area contributed by atoms with E-state index in [2.05, 4.69) is 31.9 Å². The molecule has 2 N–H and O–H groups in total. The standard InChI is InChI=1S/C16H20N4O2/c1-2-13-14(15(21)18-16(22)17-13)20-10-8-19(9-11-20)12-6-4-3-5-7-12/h3-7H,2,8-11H2,1H3,(H2,17,18,21,22). The molecule has 0 saturated carbocycles. The molecule has 3 rings (SSSR count). The normalized spacial score (nSPS) is 15.1. The van der Waals surface area contributed by atoms with Crippen molar-refractivity contribution < 1.29 is 0 Å². The lowest BCUT2D eigenvalue weighted by atomic mass is 10.2. The second kappa shape index (κ2) is 6.09. The molecule has 2 heterocycles. The molecule has 0 spiro atoms. The molecule has 6 nitrogen and oxygen atoms in total. The van der Waals surface area contributed by atoms with E-state index in [1.165, 1.54) is 5.69 Å². The first kappa shape index (κ1) is 14.4. The molecule has 1 saturated heterocycles. The van der Waals surface area contributed by atoms with E-state index >= 15 is 0 Å². The van der Waals surface area contributed by atoms with Gasteiger partial charge in [0.1, 0.15) is 5.69 Å². The Morgan fingerprint density at radius 2 is 1.59 bits per heavy atom. The van der Waals surface area contributed by atoms with Crippen LogP contribution in [-0.4, -0.2) is 36.1 Å². The average molecular weight is 300 g/mol. The third-order valence-corrected chi connectivity index (χ3v) is 4.06. The zero-order valence-corrected chi connectivity index (χ0v) is 12.6. The number of piperazine rings is 1. The highest BCUT2D eigenvalue weighted by atomic mass is 16.2. The van der Waals surface area contributed by atoms with Crippen LogP contribution in [0.3, 0.4) is 0 Å². The van der Waals surface area contributed by atoms with E-state index in [1.807, 2.05) is 25.1 Å². The summed E-state index contributed by atoms with van der Waals surface area (Å²) in [7, 11) is 0. The number of para-hydroxylation sites is 1. The first-order chi connectivity index (χ1) is 10.7. The molecular formula is C16H20N4O2. The van der Waals surface area contributed by atoms with Gasteiger partial charge in [-0.1, -0.05) is 25.1 Å². The molecule has 2 aromatic rings. The molecule has 0 aliphatic carbocycles. The van der Waals surface area contributed by atoms with Crippen LogP contribution in [0.4, 0.5) is 11.4 Å². The van der Waals surface area contributed by atoms with Gasteiger partial charge in [-0.15, -0.1) is 0 Å². The van der Waals surface area contributed by atoms with E-state index in [1.54, 1.807) is 0 Å². The summed E-state index contributed by atoms with van der Waals surface area (Å²) in [6, 6.07) is 10.3. The Hall–Kier alpha value is -2.50. The molecule has 1 fully saturated rings. The van der Waals surface area contributed by atoms with Gasteiger partial charge in [0.2, 0.25) is 0 Å². The number of anilines is 2. The van der Waals surface area contributed by atoms with E-state index in [4.69, 9.17) is 0 Å². The minimum atomic E-state index is -0.437. The van der Waals surface area contributed by atoms with Gasteiger partial charge in [-0.2, -0.15) is 0 Å². The fraction of sp³-hybridized carbons (Fsp3) is 0.375. The Morgan fingerprint density at radius 1 is 0.955 bits per heavy atom. The Labute approximate surface area is 128 Å². The molecule has 6 heteroatoms. The van der Waals surface area contributed by atoms with Crippen LogP contribution in [-0.2, 0) is 6.42 Å². The number of benzene rings is 1. The number of nitrogens with zero attached hydrogens (tertiary/aromatic N) is 2. The number of H-pyrrole nitrogens is 2. The van der Waals surface area contributed by atoms with Crippen LogP contribution in [0, 0.1) is 0 Å². The molecule has 1 aromatic heterocycles. The first-order valence-electron chi connectivity index (χ1n) is 7.59. The smallest absolute Gasteiger partial charge is 0.326 e. The predicted octanol–water partition coefficient (Wildman–Crippen LogP) is 0.952. The van der Waals surface area contributed by atoms with E-state index < -0.39 is 5.69 Å². The molecule has 0 unspecified atom stereocenters. The zero-order valence-electron chi connectivity index (χ0n) is 12.6. The minimum Gasteiger partial charge on any atom is -0.368 e. The highest BCUT2D eigenvalue weighted by molar-refractivity contribution is 5.52. The molecule has 22 heavy (non-hydrogen) atoms. The average Bonchev–Trinajstić information content (AvgIpc) is 2.55. The molecule has 1 aliphatic rings. The van der Waals surface area contributed by atoms with Crippen LogP contribution in [0.2, 0.25) is 0 Å². The van der Waals surface area contributed by atoms with Gasteiger partial charge < -0.3 is 14.8 Å². The molecule has 1 aliphatic heterocycles. The van der Waals surface area contributed by atoms with Crippen LogP contribution in [0.25, 0.3) is 0 Å². The minimum absolute atomic E-state index is 0.297. The summed E-state index contributed by atoms with van der Waals surface area (Å²) < 4.78 is 0. The topological polar surface area (TPSA) is 72.2 Å². The summed E-state index contributed by atoms with van der Waals surface area (Å²) in [5.74, 6) is 0. The first-order valence-corrected chi connectivity index (χ1v) is 7.59. The van der Waals surface area contributed by atoms with Gasteiger partial charge >= 0.3 is 5.69 Å². The Bertz CT molecular complexity index is 743. The maximum Gasteiger partial charge on any atom is 0.326 e. The van der Waals surface area contributed by atoms with Crippen molar-refractivity contribution in [3.8, 4) is 0 Å². The summed E-state index contributed by atoms with van der Waals surface area (Å²) in [5, 5.41) is 0. The van der Waals surface area contributed by atoms with Crippen molar-refractivity contribution in [2.75, 3.05) is 36.0 Å². The number of hydrogen-bond acceptors (Lipinski definition) is 4. The molecule has 1 aromatic carbocycles. The van der Waals surface area contributed by atoms with Crippen LogP contribution in [0.5, 0.6) is 0 Å². The number of aromatic amines is 2. The predicted molar refractivity (Wildman–Crippen MR) is 87.9 cm³/mol. The summed E-state index contributed by atoms with van der Waals surface area (Å²) >= 11 is 0. The van der Waals surface area contributed by atoms with Gasteiger partial charge in [0, 0.05) is 37.6 Å². The number of aryl methyl sites for hydroxylation is 1. The van der Waals surface area contributed by atoms with Crippen molar-refractivity contribution >= 4 is 11.4 Å². The third kappa shape index (κ3) is 2.77. The van der Waals surface area contributed by atoms with Crippen molar-refractivity contribution in [3.05, 3.63) is 56.9 Å². The van der Waals surface area contributed by atoms with Gasteiger partial charge in [-0.3, -0.25) is 9.78 Å². The third-order valence-electron chi connectivity index (χ3n) is 4.06. The Kier molecular flexibility index (Phi) is 4.00. The van der Waals surface area contributed by atoms with E-state index in [0.29, 0.717) is 17.8 Å². The number of hydrogen-bond donors (Lipinski definition) is 2. The van der Waals surface area contributed by atoms with Crippen molar-refractivity contribution in [1.29, 1.82) is 0 Å². The Balaban J connectivity index is 1.80. The fourth-order valence-electron chi connectivity index (χ4n) is 2.94. The van der Waals surface area contributed by atoms with Crippen LogP contribution in [0.15, 0.2) is 39.9 Å². The number of aromatic nitrogens is 2. The molecular weight excluding hydrogens is 280 g/mol. The Morgan fingerprint density at radius 3 is 2.23 bits per heavy atom. The van der Waals surface area contributed by atoms with Crippen LogP contribution in [0.1, 0.15) is 12.6 Å². The van der Waals surface area contributed by atoms with Gasteiger partial charge in [0.15, 0.2) is 0 Å². The monoisotopic (exact) mass is 300 g/mol. The fourth-order valence-corrected chi connectivity index (χ4v) is 2.94. The van der Waals surface area contributed by atoms with Crippen LogP contribution >= 0.6 is 0 Å². The summed E-state index contributed by atoms with van der Waals surface area (Å²) in [6.45, 7) is 5.17. The highest BCUT2D eigenvalue weighted by Gasteiger charge is 2.22. The summed E-state index contributed by atoms with van der Waals surface area (Å²) in [5.41, 5.74) is 1.78. The molecule has 0 bridgehead atoms. The molecule has 0 atom stereocenters. The zero-order chi connectivity index (χ0) is 15.5. The lowest BCUT2D eigenvalue weighted by molar-refractivity contribution is 0.645. The highest BCUT2D eigenvalue weighted by Crippen LogP contribution is 2.19. The SMILES string of the molecule is CCc1[nH]c(=O)[nH]c(=O)c1N1CCN(c2ccccc2)CC1. The molecule has 0 radical (unpaired) electrons. The van der Waals surface area contributed by atoms with E-state index in [9.17, 15) is 9.59 Å².